The fraction of sp³-hybridized carbons (Fsp3) is 0.538. The van der Waals surface area contributed by atoms with Gasteiger partial charge in [0.05, 0.1) is 0 Å². The van der Waals surface area contributed by atoms with Crippen LogP contribution >= 0.6 is 15.9 Å². The lowest BCUT2D eigenvalue weighted by molar-refractivity contribution is 0.209. The summed E-state index contributed by atoms with van der Waals surface area (Å²) in [5.41, 5.74) is 0.780. The molecule has 4 heteroatoms. The van der Waals surface area contributed by atoms with E-state index in [9.17, 15) is 4.39 Å². The lowest BCUT2D eigenvalue weighted by atomic mass is 10.1. The second-order valence-electron chi connectivity index (χ2n) is 4.59. The minimum absolute atomic E-state index is 0.121. The van der Waals surface area contributed by atoms with Crippen molar-refractivity contribution in [3.63, 3.8) is 0 Å². The van der Waals surface area contributed by atoms with Crippen LogP contribution in [0.4, 0.5) is 4.39 Å². The quantitative estimate of drug-likeness (QED) is 0.903. The standard InChI is InChI=1S/C13H18BrFN2/c1-10-4-5-16-6-7-17(10)9-11-2-3-12(14)8-13(11)15/h2-3,8,10,16H,4-7,9H2,1H3. The van der Waals surface area contributed by atoms with E-state index in [2.05, 4.69) is 33.1 Å². The lowest BCUT2D eigenvalue weighted by Gasteiger charge is -2.26. The highest BCUT2D eigenvalue weighted by Gasteiger charge is 2.17. The van der Waals surface area contributed by atoms with Crippen molar-refractivity contribution in [3.8, 4) is 0 Å². The van der Waals surface area contributed by atoms with Crippen molar-refractivity contribution in [3.05, 3.63) is 34.1 Å². The van der Waals surface area contributed by atoms with Crippen molar-refractivity contribution in [2.24, 2.45) is 0 Å². The average molecular weight is 301 g/mol. The Morgan fingerprint density at radius 1 is 1.47 bits per heavy atom. The fourth-order valence-corrected chi connectivity index (χ4v) is 2.50. The molecule has 1 fully saturated rings. The largest absolute Gasteiger partial charge is 0.315 e. The normalized spacial score (nSPS) is 22.4. The van der Waals surface area contributed by atoms with Crippen LogP contribution in [0.2, 0.25) is 0 Å². The van der Waals surface area contributed by atoms with E-state index in [1.54, 1.807) is 0 Å². The molecule has 1 aromatic rings. The van der Waals surface area contributed by atoms with E-state index in [1.807, 2.05) is 12.1 Å². The lowest BCUT2D eigenvalue weighted by Crippen LogP contribution is -2.34. The van der Waals surface area contributed by atoms with Crippen LogP contribution < -0.4 is 5.32 Å². The molecule has 1 N–H and O–H groups in total. The molecule has 1 atom stereocenters. The third kappa shape index (κ3) is 3.50. The predicted molar refractivity (Wildman–Crippen MR) is 71.5 cm³/mol. The zero-order valence-corrected chi connectivity index (χ0v) is 11.6. The zero-order chi connectivity index (χ0) is 12.3. The molecule has 1 aliphatic rings. The maximum atomic E-state index is 13.8. The molecule has 1 aromatic carbocycles. The Hall–Kier alpha value is -0.450. The number of nitrogens with zero attached hydrogens (tertiary/aromatic N) is 1. The van der Waals surface area contributed by atoms with Crippen LogP contribution in [-0.4, -0.2) is 30.6 Å². The van der Waals surface area contributed by atoms with Crippen molar-refractivity contribution < 1.29 is 4.39 Å². The van der Waals surface area contributed by atoms with E-state index >= 15 is 0 Å². The van der Waals surface area contributed by atoms with Gasteiger partial charge in [0.15, 0.2) is 0 Å². The van der Waals surface area contributed by atoms with E-state index in [0.29, 0.717) is 12.6 Å². The minimum atomic E-state index is -0.121. The molecule has 0 aromatic heterocycles. The Bertz CT molecular complexity index is 384. The third-order valence-corrected chi connectivity index (χ3v) is 3.82. The summed E-state index contributed by atoms with van der Waals surface area (Å²) in [5.74, 6) is -0.121. The van der Waals surface area contributed by atoms with Gasteiger partial charge >= 0.3 is 0 Å². The van der Waals surface area contributed by atoms with E-state index in [-0.39, 0.29) is 5.82 Å². The Morgan fingerprint density at radius 3 is 3.06 bits per heavy atom. The summed E-state index contributed by atoms with van der Waals surface area (Å²) < 4.78 is 14.6. The molecule has 0 bridgehead atoms. The van der Waals surface area contributed by atoms with E-state index in [4.69, 9.17) is 0 Å². The van der Waals surface area contributed by atoms with Gasteiger partial charge in [-0.1, -0.05) is 22.0 Å². The summed E-state index contributed by atoms with van der Waals surface area (Å²) in [6.07, 6.45) is 1.12. The molecule has 1 aliphatic heterocycles. The molecule has 1 heterocycles. The van der Waals surface area contributed by atoms with Gasteiger partial charge in [-0.05, 0) is 32.0 Å². The minimum Gasteiger partial charge on any atom is -0.315 e. The fourth-order valence-electron chi connectivity index (χ4n) is 2.17. The average Bonchev–Trinajstić information content (AvgIpc) is 2.48. The van der Waals surface area contributed by atoms with E-state index in [1.165, 1.54) is 6.07 Å². The molecular weight excluding hydrogens is 283 g/mol. The van der Waals surface area contributed by atoms with Crippen molar-refractivity contribution in [1.29, 1.82) is 0 Å². The monoisotopic (exact) mass is 300 g/mol. The second kappa shape index (κ2) is 5.94. The van der Waals surface area contributed by atoms with E-state index in [0.717, 1.165) is 36.1 Å². The van der Waals surface area contributed by atoms with Gasteiger partial charge in [0.25, 0.3) is 0 Å². The summed E-state index contributed by atoms with van der Waals surface area (Å²) in [6, 6.07) is 5.81. The van der Waals surface area contributed by atoms with Gasteiger partial charge in [0, 0.05) is 35.7 Å². The number of halogens is 2. The van der Waals surface area contributed by atoms with Gasteiger partial charge < -0.3 is 5.32 Å². The summed E-state index contributed by atoms with van der Waals surface area (Å²) in [4.78, 5) is 2.34. The highest BCUT2D eigenvalue weighted by molar-refractivity contribution is 9.10. The first kappa shape index (κ1) is 13.0. The van der Waals surface area contributed by atoms with Crippen LogP contribution in [0.5, 0.6) is 0 Å². The highest BCUT2D eigenvalue weighted by Crippen LogP contribution is 2.18. The summed E-state index contributed by atoms with van der Waals surface area (Å²) in [5, 5.41) is 3.37. The first-order valence-corrected chi connectivity index (χ1v) is 6.85. The molecule has 2 nitrogen and oxygen atoms in total. The Labute approximate surface area is 110 Å². The SMILES string of the molecule is CC1CCNCCN1Cc1ccc(Br)cc1F. The molecule has 0 amide bonds. The van der Waals surface area contributed by atoms with Gasteiger partial charge in [-0.15, -0.1) is 0 Å². The van der Waals surface area contributed by atoms with Gasteiger partial charge in [0.2, 0.25) is 0 Å². The number of hydrogen-bond donors (Lipinski definition) is 1. The number of benzene rings is 1. The highest BCUT2D eigenvalue weighted by atomic mass is 79.9. The van der Waals surface area contributed by atoms with Gasteiger partial charge in [0.1, 0.15) is 5.82 Å². The van der Waals surface area contributed by atoms with Crippen molar-refractivity contribution >= 4 is 15.9 Å². The predicted octanol–water partition coefficient (Wildman–Crippen LogP) is 2.77. The van der Waals surface area contributed by atoms with E-state index < -0.39 is 0 Å². The molecule has 2 rings (SSSR count). The second-order valence-corrected chi connectivity index (χ2v) is 5.51. The molecule has 17 heavy (non-hydrogen) atoms. The number of nitrogens with one attached hydrogen (secondary N) is 1. The number of rotatable bonds is 2. The molecular formula is C13H18BrFN2. The first-order valence-electron chi connectivity index (χ1n) is 6.05. The van der Waals surface area contributed by atoms with Gasteiger partial charge in [-0.25, -0.2) is 4.39 Å². The van der Waals surface area contributed by atoms with Crippen LogP contribution in [0.3, 0.4) is 0 Å². The van der Waals surface area contributed by atoms with Crippen LogP contribution in [0, 0.1) is 5.82 Å². The van der Waals surface area contributed by atoms with Crippen molar-refractivity contribution in [2.45, 2.75) is 25.9 Å². The summed E-state index contributed by atoms with van der Waals surface area (Å²) in [7, 11) is 0. The van der Waals surface area contributed by atoms with Crippen molar-refractivity contribution in [1.82, 2.24) is 10.2 Å². The molecule has 94 valence electrons. The summed E-state index contributed by atoms with van der Waals surface area (Å²) >= 11 is 3.28. The Kier molecular flexibility index (Phi) is 4.54. The summed E-state index contributed by atoms with van der Waals surface area (Å²) in [6.45, 7) is 5.94. The molecule has 0 radical (unpaired) electrons. The van der Waals surface area contributed by atoms with Crippen LogP contribution in [0.15, 0.2) is 22.7 Å². The molecule has 1 unspecified atom stereocenters. The molecule has 1 saturated heterocycles. The molecule has 0 saturated carbocycles. The van der Waals surface area contributed by atoms with Crippen LogP contribution in [-0.2, 0) is 6.54 Å². The molecule has 0 spiro atoms. The Morgan fingerprint density at radius 2 is 2.29 bits per heavy atom. The topological polar surface area (TPSA) is 15.3 Å². The zero-order valence-electron chi connectivity index (χ0n) is 10.0. The maximum Gasteiger partial charge on any atom is 0.128 e. The first-order chi connectivity index (χ1) is 8.16. The van der Waals surface area contributed by atoms with Crippen molar-refractivity contribution in [2.75, 3.05) is 19.6 Å². The Balaban J connectivity index is 2.08. The number of hydrogen-bond acceptors (Lipinski definition) is 2. The van der Waals surface area contributed by atoms with Gasteiger partial charge in [-0.2, -0.15) is 0 Å². The van der Waals surface area contributed by atoms with Gasteiger partial charge in [-0.3, -0.25) is 4.90 Å². The molecule has 0 aliphatic carbocycles. The maximum absolute atomic E-state index is 13.8. The smallest absolute Gasteiger partial charge is 0.128 e. The van der Waals surface area contributed by atoms with Crippen LogP contribution in [0.25, 0.3) is 0 Å². The third-order valence-electron chi connectivity index (χ3n) is 3.33. The van der Waals surface area contributed by atoms with Crippen LogP contribution in [0.1, 0.15) is 18.9 Å².